The van der Waals surface area contributed by atoms with Crippen molar-refractivity contribution < 1.29 is 24.8 Å². The second kappa shape index (κ2) is 7.26. The molecule has 0 amide bonds. The lowest BCUT2D eigenvalue weighted by molar-refractivity contribution is 0.172. The summed E-state index contributed by atoms with van der Waals surface area (Å²) in [5.74, 6) is -0.858. The normalized spacial score (nSPS) is 19.8. The Bertz CT molecular complexity index is 1160. The number of fused-ring (bicyclic) bond motifs is 1. The van der Waals surface area contributed by atoms with Crippen LogP contribution in [0.1, 0.15) is 17.9 Å². The second-order valence-corrected chi connectivity index (χ2v) is 7.70. The summed E-state index contributed by atoms with van der Waals surface area (Å²) in [5, 5.41) is 40.7. The number of phenols is 3. The second-order valence-electron chi connectivity index (χ2n) is 7.30. The number of hydrogen-bond donors (Lipinski definition) is 4. The van der Waals surface area contributed by atoms with Crippen LogP contribution in [0.5, 0.6) is 17.2 Å². The topological polar surface area (TPSA) is 114 Å². The number of phenolic OH excluding ortho intramolecular Hbond substituents is 3. The molecule has 0 spiro atoms. The van der Waals surface area contributed by atoms with Crippen molar-refractivity contribution in [1.82, 2.24) is 4.90 Å². The smallest absolute Gasteiger partial charge is 0.197 e. The third-order valence-electron chi connectivity index (χ3n) is 5.59. The highest BCUT2D eigenvalue weighted by molar-refractivity contribution is 6.33. The number of likely N-dealkylation sites (tertiary alicyclic amines) is 1. The first-order valence-electron chi connectivity index (χ1n) is 9.14. The van der Waals surface area contributed by atoms with Crippen molar-refractivity contribution in [3.05, 3.63) is 51.1 Å². The Morgan fingerprint density at radius 1 is 1.17 bits per heavy atom. The molecular formula is C21H20ClNO6. The highest BCUT2D eigenvalue weighted by atomic mass is 35.5. The molecule has 0 aliphatic carbocycles. The van der Waals surface area contributed by atoms with Gasteiger partial charge in [-0.15, -0.1) is 0 Å². The van der Waals surface area contributed by atoms with Crippen LogP contribution in [-0.2, 0) is 0 Å². The largest absolute Gasteiger partial charge is 0.508 e. The van der Waals surface area contributed by atoms with Gasteiger partial charge in [-0.3, -0.25) is 4.79 Å². The van der Waals surface area contributed by atoms with E-state index in [4.69, 9.17) is 16.0 Å². The summed E-state index contributed by atoms with van der Waals surface area (Å²) < 4.78 is 5.98. The van der Waals surface area contributed by atoms with Crippen molar-refractivity contribution in [3.8, 4) is 28.6 Å². The number of rotatable bonds is 3. The molecule has 7 nitrogen and oxygen atoms in total. The number of aliphatic hydroxyl groups excluding tert-OH is 1. The molecule has 0 saturated carbocycles. The quantitative estimate of drug-likeness (QED) is 0.518. The van der Waals surface area contributed by atoms with Gasteiger partial charge in [0.1, 0.15) is 34.0 Å². The van der Waals surface area contributed by atoms with E-state index in [1.807, 2.05) is 11.9 Å². The summed E-state index contributed by atoms with van der Waals surface area (Å²) in [6.45, 7) is 0.561. The van der Waals surface area contributed by atoms with Gasteiger partial charge in [-0.05, 0) is 38.2 Å². The van der Waals surface area contributed by atoms with E-state index in [1.165, 1.54) is 24.3 Å². The third kappa shape index (κ3) is 3.21. The average molecular weight is 418 g/mol. The minimum Gasteiger partial charge on any atom is -0.508 e. The van der Waals surface area contributed by atoms with E-state index in [9.17, 15) is 25.2 Å². The molecule has 2 heterocycles. The Kier molecular flexibility index (Phi) is 4.90. The van der Waals surface area contributed by atoms with Gasteiger partial charge in [-0.1, -0.05) is 11.6 Å². The van der Waals surface area contributed by atoms with Gasteiger partial charge in [0.25, 0.3) is 0 Å². The number of likely N-dealkylation sites (N-methyl/N-ethyl adjacent to an activating group) is 1. The van der Waals surface area contributed by atoms with Crippen molar-refractivity contribution in [1.29, 1.82) is 0 Å². The fourth-order valence-corrected chi connectivity index (χ4v) is 4.34. The van der Waals surface area contributed by atoms with Gasteiger partial charge < -0.3 is 29.7 Å². The van der Waals surface area contributed by atoms with E-state index in [-0.39, 0.29) is 51.8 Å². The maximum absolute atomic E-state index is 12.8. The van der Waals surface area contributed by atoms with Gasteiger partial charge in [0, 0.05) is 35.2 Å². The summed E-state index contributed by atoms with van der Waals surface area (Å²) in [6, 6.07) is 6.30. The van der Waals surface area contributed by atoms with Crippen LogP contribution in [0.25, 0.3) is 22.3 Å². The van der Waals surface area contributed by atoms with Gasteiger partial charge in [0.15, 0.2) is 5.43 Å². The molecule has 1 aromatic heterocycles. The molecule has 1 fully saturated rings. The molecule has 152 valence electrons. The summed E-state index contributed by atoms with van der Waals surface area (Å²) in [6.07, 6.45) is 0.635. The summed E-state index contributed by atoms with van der Waals surface area (Å²) in [7, 11) is 1.87. The summed E-state index contributed by atoms with van der Waals surface area (Å²) in [5.41, 5.74) is 0.201. The summed E-state index contributed by atoms with van der Waals surface area (Å²) in [4.78, 5) is 14.8. The predicted octanol–water partition coefficient (Wildman–Crippen LogP) is 3.01. The first-order chi connectivity index (χ1) is 13.8. The Balaban J connectivity index is 2.03. The van der Waals surface area contributed by atoms with E-state index in [0.717, 1.165) is 6.07 Å². The lowest BCUT2D eigenvalue weighted by atomic mass is 9.89. The minimum absolute atomic E-state index is 0.0446. The number of halogens is 1. The molecule has 0 bridgehead atoms. The standard InChI is InChI=1S/C21H20ClNO6/c1-23-5-4-11(14(23)9-24)19-15(26)7-16(27)20-17(28)8-18(29-21(19)20)12-6-10(25)2-3-13(12)22/h2-3,6-8,11,14,24-27H,4-5,9H2,1H3/t11-,14+/m0/s1. The predicted molar refractivity (Wildman–Crippen MR) is 109 cm³/mol. The molecule has 2 atom stereocenters. The average Bonchev–Trinajstić information content (AvgIpc) is 3.03. The van der Waals surface area contributed by atoms with Crippen LogP contribution in [0, 0.1) is 0 Å². The monoisotopic (exact) mass is 417 g/mol. The lowest BCUT2D eigenvalue weighted by Crippen LogP contribution is -2.32. The van der Waals surface area contributed by atoms with Crippen LogP contribution in [-0.4, -0.2) is 51.6 Å². The van der Waals surface area contributed by atoms with Crippen LogP contribution in [0.15, 0.2) is 39.5 Å². The van der Waals surface area contributed by atoms with E-state index < -0.39 is 11.2 Å². The molecule has 0 unspecified atom stereocenters. The summed E-state index contributed by atoms with van der Waals surface area (Å²) >= 11 is 6.22. The van der Waals surface area contributed by atoms with E-state index >= 15 is 0 Å². The Labute approximate surface area is 171 Å². The molecule has 1 saturated heterocycles. The molecule has 8 heteroatoms. The maximum atomic E-state index is 12.8. The van der Waals surface area contributed by atoms with Crippen molar-refractivity contribution in [2.45, 2.75) is 18.4 Å². The number of aliphatic hydroxyl groups is 1. The number of benzene rings is 2. The fraction of sp³-hybridized carbons (Fsp3) is 0.286. The molecular weight excluding hydrogens is 398 g/mol. The zero-order chi connectivity index (χ0) is 20.9. The van der Waals surface area contributed by atoms with Crippen LogP contribution in [0.3, 0.4) is 0 Å². The Hall–Kier alpha value is -2.74. The molecule has 29 heavy (non-hydrogen) atoms. The minimum atomic E-state index is -0.508. The van der Waals surface area contributed by atoms with Gasteiger partial charge in [-0.25, -0.2) is 0 Å². The van der Waals surface area contributed by atoms with Gasteiger partial charge in [0.05, 0.1) is 11.6 Å². The van der Waals surface area contributed by atoms with Gasteiger partial charge >= 0.3 is 0 Å². The van der Waals surface area contributed by atoms with E-state index in [1.54, 1.807) is 0 Å². The molecule has 4 rings (SSSR count). The first-order valence-corrected chi connectivity index (χ1v) is 9.52. The molecule has 0 radical (unpaired) electrons. The van der Waals surface area contributed by atoms with E-state index in [2.05, 4.69) is 0 Å². The Morgan fingerprint density at radius 3 is 2.66 bits per heavy atom. The molecule has 1 aliphatic rings. The number of nitrogens with zero attached hydrogens (tertiary/aromatic N) is 1. The zero-order valence-corrected chi connectivity index (χ0v) is 16.3. The SMILES string of the molecule is CN1CC[C@H](c2c(O)cc(O)c3c(=O)cc(-c4cc(O)ccc4Cl)oc23)[C@H]1CO. The van der Waals surface area contributed by atoms with Crippen LogP contribution in [0.2, 0.25) is 5.02 Å². The third-order valence-corrected chi connectivity index (χ3v) is 5.92. The molecule has 1 aliphatic heterocycles. The number of hydrogen-bond acceptors (Lipinski definition) is 7. The molecule has 2 aromatic carbocycles. The highest BCUT2D eigenvalue weighted by Crippen LogP contribution is 2.44. The lowest BCUT2D eigenvalue weighted by Gasteiger charge is -2.24. The Morgan fingerprint density at radius 2 is 1.93 bits per heavy atom. The first kappa shape index (κ1) is 19.6. The van der Waals surface area contributed by atoms with E-state index in [0.29, 0.717) is 24.1 Å². The van der Waals surface area contributed by atoms with Crippen molar-refractivity contribution in [3.63, 3.8) is 0 Å². The van der Waals surface area contributed by atoms with Gasteiger partial charge in [-0.2, -0.15) is 0 Å². The van der Waals surface area contributed by atoms with Gasteiger partial charge in [0.2, 0.25) is 0 Å². The van der Waals surface area contributed by atoms with Crippen LogP contribution >= 0.6 is 11.6 Å². The van der Waals surface area contributed by atoms with Crippen molar-refractivity contribution in [2.75, 3.05) is 20.2 Å². The number of aromatic hydroxyl groups is 3. The highest BCUT2D eigenvalue weighted by Gasteiger charge is 2.36. The molecule has 3 aromatic rings. The van der Waals surface area contributed by atoms with Crippen molar-refractivity contribution >= 4 is 22.6 Å². The van der Waals surface area contributed by atoms with Crippen LogP contribution in [0.4, 0.5) is 0 Å². The maximum Gasteiger partial charge on any atom is 0.197 e. The zero-order valence-electron chi connectivity index (χ0n) is 15.6. The fourth-order valence-electron chi connectivity index (χ4n) is 4.13. The van der Waals surface area contributed by atoms with Crippen molar-refractivity contribution in [2.24, 2.45) is 0 Å². The molecule has 4 N–H and O–H groups in total. The van der Waals surface area contributed by atoms with Crippen LogP contribution < -0.4 is 5.43 Å².